The third-order valence-corrected chi connectivity index (χ3v) is 7.13. The van der Waals surface area contributed by atoms with E-state index in [1.807, 2.05) is 0 Å². The van der Waals surface area contributed by atoms with Crippen LogP contribution in [0.2, 0.25) is 0 Å². The normalized spacial score (nSPS) is 23.4. The number of hydrogen-bond donors (Lipinski definition) is 2. The molecule has 0 aromatic carbocycles. The summed E-state index contributed by atoms with van der Waals surface area (Å²) in [6.07, 6.45) is 10.2. The number of amides is 1. The summed E-state index contributed by atoms with van der Waals surface area (Å²) in [6, 6.07) is 0.341. The molecule has 3 rings (SSSR count). The number of ether oxygens (including phenoxy) is 1. The zero-order valence-corrected chi connectivity index (χ0v) is 22.0. The molecule has 0 aromatic heterocycles. The van der Waals surface area contributed by atoms with Gasteiger partial charge in [0.25, 0.3) is 0 Å². The van der Waals surface area contributed by atoms with E-state index in [-0.39, 0.29) is 29.5 Å². The first-order chi connectivity index (χ1) is 14.7. The van der Waals surface area contributed by atoms with Crippen LogP contribution in [-0.2, 0) is 9.53 Å². The zero-order chi connectivity index (χ0) is 21.2. The Labute approximate surface area is 206 Å². The number of morpholine rings is 1. The highest BCUT2D eigenvalue weighted by Crippen LogP contribution is 2.34. The van der Waals surface area contributed by atoms with Crippen LogP contribution in [0.1, 0.15) is 71.6 Å². The van der Waals surface area contributed by atoms with Crippen LogP contribution in [0.25, 0.3) is 0 Å². The van der Waals surface area contributed by atoms with E-state index in [9.17, 15) is 4.79 Å². The summed E-state index contributed by atoms with van der Waals surface area (Å²) in [4.78, 5) is 21.9. The summed E-state index contributed by atoms with van der Waals surface area (Å²) < 4.78 is 5.61. The molecule has 2 N–H and O–H groups in total. The number of halogens is 1. The van der Waals surface area contributed by atoms with Crippen LogP contribution < -0.4 is 10.6 Å². The largest absolute Gasteiger partial charge is 0.379 e. The van der Waals surface area contributed by atoms with Crippen molar-refractivity contribution >= 4 is 35.8 Å². The summed E-state index contributed by atoms with van der Waals surface area (Å²) in [5.74, 6) is 1.24. The summed E-state index contributed by atoms with van der Waals surface area (Å²) in [6.45, 7) is 11.5. The van der Waals surface area contributed by atoms with E-state index < -0.39 is 0 Å². The van der Waals surface area contributed by atoms with Crippen molar-refractivity contribution in [1.29, 1.82) is 0 Å². The standard InChI is InChI=1S/C23H43N5O2.HI/c1-3-20(28-14-8-9-21(28)29)10-13-25-22(24-4-2)26-19-23(11-6-5-7-12-23)27-15-17-30-18-16-27;/h20H,3-19H2,1-2H3,(H2,24,25,26);1H. The van der Waals surface area contributed by atoms with Gasteiger partial charge in [0.1, 0.15) is 0 Å². The zero-order valence-electron chi connectivity index (χ0n) is 19.7. The minimum absolute atomic E-state index is 0. The van der Waals surface area contributed by atoms with Gasteiger partial charge < -0.3 is 20.3 Å². The van der Waals surface area contributed by atoms with Crippen molar-refractivity contribution in [2.45, 2.75) is 83.2 Å². The van der Waals surface area contributed by atoms with Gasteiger partial charge in [-0.25, -0.2) is 0 Å². The first-order valence-electron chi connectivity index (χ1n) is 12.3. The van der Waals surface area contributed by atoms with Crippen LogP contribution in [0.5, 0.6) is 0 Å². The Bertz CT molecular complexity index is 562. The summed E-state index contributed by atoms with van der Waals surface area (Å²) >= 11 is 0. The van der Waals surface area contributed by atoms with E-state index in [1.54, 1.807) is 0 Å². The fourth-order valence-corrected chi connectivity index (χ4v) is 5.38. The molecule has 8 heteroatoms. The van der Waals surface area contributed by atoms with Gasteiger partial charge in [0.2, 0.25) is 5.91 Å². The van der Waals surface area contributed by atoms with Crippen molar-refractivity contribution in [3.63, 3.8) is 0 Å². The lowest BCUT2D eigenvalue weighted by Crippen LogP contribution is -2.56. The van der Waals surface area contributed by atoms with Crippen LogP contribution >= 0.6 is 24.0 Å². The summed E-state index contributed by atoms with van der Waals surface area (Å²) in [5.41, 5.74) is 0.193. The highest BCUT2D eigenvalue weighted by Gasteiger charge is 2.38. The van der Waals surface area contributed by atoms with E-state index in [0.29, 0.717) is 11.9 Å². The monoisotopic (exact) mass is 549 g/mol. The summed E-state index contributed by atoms with van der Waals surface area (Å²) in [5, 5.41) is 6.97. The average molecular weight is 550 g/mol. The second kappa shape index (κ2) is 13.8. The van der Waals surface area contributed by atoms with E-state index >= 15 is 0 Å². The molecule has 1 atom stereocenters. The molecule has 2 aliphatic heterocycles. The Morgan fingerprint density at radius 1 is 1.10 bits per heavy atom. The Hall–Kier alpha value is -0.610. The molecule has 1 aliphatic carbocycles. The molecule has 0 aromatic rings. The van der Waals surface area contributed by atoms with E-state index in [2.05, 4.69) is 34.3 Å². The lowest BCUT2D eigenvalue weighted by Gasteiger charge is -2.47. The topological polar surface area (TPSA) is 69.2 Å². The van der Waals surface area contributed by atoms with Gasteiger partial charge >= 0.3 is 0 Å². The molecule has 0 radical (unpaired) electrons. The van der Waals surface area contributed by atoms with Crippen LogP contribution in [0.4, 0.5) is 0 Å². The molecule has 3 fully saturated rings. The third kappa shape index (κ3) is 7.45. The van der Waals surface area contributed by atoms with E-state index in [1.165, 1.54) is 32.1 Å². The smallest absolute Gasteiger partial charge is 0.222 e. The van der Waals surface area contributed by atoms with E-state index in [4.69, 9.17) is 9.73 Å². The molecular formula is C23H44IN5O2. The fourth-order valence-electron chi connectivity index (χ4n) is 5.38. The maximum Gasteiger partial charge on any atom is 0.222 e. The molecule has 1 unspecified atom stereocenters. The first-order valence-corrected chi connectivity index (χ1v) is 12.3. The van der Waals surface area contributed by atoms with Gasteiger partial charge in [0.05, 0.1) is 19.8 Å². The summed E-state index contributed by atoms with van der Waals surface area (Å²) in [7, 11) is 0. The van der Waals surface area contributed by atoms with Gasteiger partial charge in [0, 0.05) is 50.7 Å². The second-order valence-corrected chi connectivity index (χ2v) is 9.05. The van der Waals surface area contributed by atoms with Gasteiger partial charge in [-0.1, -0.05) is 26.2 Å². The molecule has 0 spiro atoms. The average Bonchev–Trinajstić information content (AvgIpc) is 3.22. The van der Waals surface area contributed by atoms with Crippen molar-refractivity contribution in [2.24, 2.45) is 4.99 Å². The van der Waals surface area contributed by atoms with Gasteiger partial charge in [-0.3, -0.25) is 14.7 Å². The number of aliphatic imine (C=N–C) groups is 1. The lowest BCUT2D eigenvalue weighted by molar-refractivity contribution is -0.129. The van der Waals surface area contributed by atoms with E-state index in [0.717, 1.165) is 84.1 Å². The lowest BCUT2D eigenvalue weighted by atomic mass is 9.80. The Morgan fingerprint density at radius 2 is 1.84 bits per heavy atom. The van der Waals surface area contributed by atoms with Crippen LogP contribution in [0, 0.1) is 0 Å². The third-order valence-electron chi connectivity index (χ3n) is 7.13. The Balaban J connectivity index is 0.00000341. The van der Waals surface area contributed by atoms with Crippen molar-refractivity contribution in [3.8, 4) is 0 Å². The number of hydrogen-bond acceptors (Lipinski definition) is 4. The molecule has 1 amide bonds. The minimum Gasteiger partial charge on any atom is -0.379 e. The molecule has 7 nitrogen and oxygen atoms in total. The molecule has 0 bridgehead atoms. The molecule has 2 saturated heterocycles. The molecule has 1 saturated carbocycles. The fraction of sp³-hybridized carbons (Fsp3) is 0.913. The number of rotatable bonds is 9. The van der Waals surface area contributed by atoms with Crippen LogP contribution in [-0.4, -0.2) is 85.7 Å². The van der Waals surface area contributed by atoms with Gasteiger partial charge in [0.15, 0.2) is 5.96 Å². The molecule has 180 valence electrons. The van der Waals surface area contributed by atoms with Crippen LogP contribution in [0.15, 0.2) is 4.99 Å². The quantitative estimate of drug-likeness (QED) is 0.263. The number of guanidine groups is 1. The maximum atomic E-state index is 12.1. The Kier molecular flexibility index (Phi) is 11.9. The predicted molar refractivity (Wildman–Crippen MR) is 137 cm³/mol. The second-order valence-electron chi connectivity index (χ2n) is 9.05. The molecular weight excluding hydrogens is 505 g/mol. The Morgan fingerprint density at radius 3 is 2.45 bits per heavy atom. The van der Waals surface area contributed by atoms with Gasteiger partial charge in [-0.2, -0.15) is 0 Å². The minimum atomic E-state index is 0. The number of nitrogens with zero attached hydrogens (tertiary/aromatic N) is 3. The van der Waals surface area contributed by atoms with Crippen molar-refractivity contribution in [2.75, 3.05) is 52.5 Å². The predicted octanol–water partition coefficient (Wildman–Crippen LogP) is 2.99. The number of likely N-dealkylation sites (tertiary alicyclic amines) is 1. The van der Waals surface area contributed by atoms with Crippen molar-refractivity contribution < 1.29 is 9.53 Å². The highest BCUT2D eigenvalue weighted by molar-refractivity contribution is 14.0. The van der Waals surface area contributed by atoms with Crippen LogP contribution in [0.3, 0.4) is 0 Å². The first kappa shape index (κ1) is 26.6. The SMILES string of the molecule is CCNC(=NCC1(N2CCOCC2)CCCCC1)NCCC(CC)N1CCCC1=O.I. The molecule has 3 aliphatic rings. The van der Waals surface area contributed by atoms with Gasteiger partial charge in [-0.05, 0) is 39.0 Å². The maximum absolute atomic E-state index is 12.1. The van der Waals surface area contributed by atoms with Crippen molar-refractivity contribution in [3.05, 3.63) is 0 Å². The highest BCUT2D eigenvalue weighted by atomic mass is 127. The number of carbonyl (C=O) groups excluding carboxylic acids is 1. The van der Waals surface area contributed by atoms with Gasteiger partial charge in [-0.15, -0.1) is 24.0 Å². The number of carbonyl (C=O) groups is 1. The molecule has 31 heavy (non-hydrogen) atoms. The molecule has 2 heterocycles. The van der Waals surface area contributed by atoms with Crippen molar-refractivity contribution in [1.82, 2.24) is 20.4 Å². The number of nitrogens with one attached hydrogen (secondary N) is 2.